The van der Waals surface area contributed by atoms with Crippen molar-refractivity contribution in [2.45, 2.75) is 32.2 Å². The number of hydrogen-bond acceptors (Lipinski definition) is 1. The van der Waals surface area contributed by atoms with Crippen molar-refractivity contribution in [1.82, 2.24) is 5.32 Å². The molecule has 1 atom stereocenters. The topological polar surface area (TPSA) is 12.0 Å². The van der Waals surface area contributed by atoms with Gasteiger partial charge in [0.25, 0.3) is 0 Å². The monoisotopic (exact) mass is 189 g/mol. The van der Waals surface area contributed by atoms with Gasteiger partial charge in [-0.2, -0.15) is 0 Å². The van der Waals surface area contributed by atoms with Crippen LogP contribution in [0.25, 0.3) is 0 Å². The molecule has 0 saturated carbocycles. The molecule has 1 nitrogen and oxygen atoms in total. The van der Waals surface area contributed by atoms with Crippen molar-refractivity contribution in [2.75, 3.05) is 7.05 Å². The fourth-order valence-corrected chi connectivity index (χ4v) is 2.65. The van der Waals surface area contributed by atoms with Gasteiger partial charge in [0, 0.05) is 6.04 Å². The standard InChI is InChI=1S/C13H19N/c1-3-13(14-2)12-8-10-6-4-5-7-11(10)9-12/h4-7,12-14H,3,8-9H2,1-2H3. The van der Waals surface area contributed by atoms with Crippen molar-refractivity contribution in [3.8, 4) is 0 Å². The minimum atomic E-state index is 0.683. The van der Waals surface area contributed by atoms with Crippen LogP contribution in [0, 0.1) is 5.92 Å². The lowest BCUT2D eigenvalue weighted by Gasteiger charge is -2.20. The van der Waals surface area contributed by atoms with E-state index in [0.29, 0.717) is 6.04 Å². The van der Waals surface area contributed by atoms with E-state index in [0.717, 1.165) is 5.92 Å². The summed E-state index contributed by atoms with van der Waals surface area (Å²) >= 11 is 0. The fraction of sp³-hybridized carbons (Fsp3) is 0.538. The zero-order valence-electron chi connectivity index (χ0n) is 9.09. The molecule has 14 heavy (non-hydrogen) atoms. The molecule has 0 heterocycles. The number of fused-ring (bicyclic) bond motifs is 1. The Hall–Kier alpha value is -0.820. The summed E-state index contributed by atoms with van der Waals surface area (Å²) in [5, 5.41) is 3.43. The molecule has 1 N–H and O–H groups in total. The molecule has 0 aromatic heterocycles. The van der Waals surface area contributed by atoms with Crippen LogP contribution in [-0.4, -0.2) is 13.1 Å². The average molecular weight is 189 g/mol. The first kappa shape index (κ1) is 9.72. The predicted octanol–water partition coefficient (Wildman–Crippen LogP) is 2.40. The second kappa shape index (κ2) is 4.14. The summed E-state index contributed by atoms with van der Waals surface area (Å²) in [5.74, 6) is 0.808. The lowest BCUT2D eigenvalue weighted by Crippen LogP contribution is -2.33. The van der Waals surface area contributed by atoms with Gasteiger partial charge in [-0.3, -0.25) is 0 Å². The minimum Gasteiger partial charge on any atom is -0.317 e. The van der Waals surface area contributed by atoms with Crippen LogP contribution in [0.4, 0.5) is 0 Å². The molecule has 2 rings (SSSR count). The quantitative estimate of drug-likeness (QED) is 0.770. The smallest absolute Gasteiger partial charge is 0.00960 e. The summed E-state index contributed by atoms with van der Waals surface area (Å²) in [6.07, 6.45) is 3.75. The Labute approximate surface area is 86.5 Å². The van der Waals surface area contributed by atoms with Crippen LogP contribution in [0.2, 0.25) is 0 Å². The molecule has 0 aliphatic heterocycles. The van der Waals surface area contributed by atoms with Gasteiger partial charge < -0.3 is 5.32 Å². The lowest BCUT2D eigenvalue weighted by atomic mass is 9.95. The van der Waals surface area contributed by atoms with Crippen LogP contribution in [0.5, 0.6) is 0 Å². The van der Waals surface area contributed by atoms with Crippen molar-refractivity contribution < 1.29 is 0 Å². The molecule has 0 radical (unpaired) electrons. The van der Waals surface area contributed by atoms with Gasteiger partial charge in [-0.15, -0.1) is 0 Å². The third-order valence-corrected chi connectivity index (χ3v) is 3.46. The number of rotatable bonds is 3. The van der Waals surface area contributed by atoms with Crippen molar-refractivity contribution in [1.29, 1.82) is 0 Å². The van der Waals surface area contributed by atoms with Gasteiger partial charge in [0.15, 0.2) is 0 Å². The van der Waals surface area contributed by atoms with Crippen molar-refractivity contribution >= 4 is 0 Å². The SMILES string of the molecule is CCC(NC)C1Cc2ccccc2C1. The summed E-state index contributed by atoms with van der Waals surface area (Å²) in [6, 6.07) is 9.54. The van der Waals surface area contributed by atoms with Gasteiger partial charge in [-0.05, 0) is 43.4 Å². The van der Waals surface area contributed by atoms with Crippen LogP contribution < -0.4 is 5.32 Å². The van der Waals surface area contributed by atoms with Crippen LogP contribution in [0.15, 0.2) is 24.3 Å². The molecule has 1 aliphatic rings. The van der Waals surface area contributed by atoms with E-state index < -0.39 is 0 Å². The van der Waals surface area contributed by atoms with Crippen molar-refractivity contribution in [3.63, 3.8) is 0 Å². The van der Waals surface area contributed by atoms with E-state index in [1.807, 2.05) is 0 Å². The molecule has 1 aromatic carbocycles. The van der Waals surface area contributed by atoms with Gasteiger partial charge in [-0.25, -0.2) is 0 Å². The largest absolute Gasteiger partial charge is 0.317 e. The van der Waals surface area contributed by atoms with E-state index >= 15 is 0 Å². The maximum atomic E-state index is 3.43. The molecular formula is C13H19N. The second-order valence-corrected chi connectivity index (χ2v) is 4.24. The second-order valence-electron chi connectivity index (χ2n) is 4.24. The maximum absolute atomic E-state index is 3.43. The highest BCUT2D eigenvalue weighted by Crippen LogP contribution is 2.29. The van der Waals surface area contributed by atoms with Crippen LogP contribution in [0.1, 0.15) is 24.5 Å². The number of nitrogens with one attached hydrogen (secondary N) is 1. The molecule has 1 aliphatic carbocycles. The molecule has 0 bridgehead atoms. The van der Waals surface area contributed by atoms with Gasteiger partial charge in [0.05, 0.1) is 0 Å². The van der Waals surface area contributed by atoms with Gasteiger partial charge in [0.1, 0.15) is 0 Å². The molecule has 0 amide bonds. The summed E-state index contributed by atoms with van der Waals surface area (Å²) in [6.45, 7) is 2.27. The third kappa shape index (κ3) is 1.69. The first-order chi connectivity index (χ1) is 6.85. The van der Waals surface area contributed by atoms with Crippen LogP contribution >= 0.6 is 0 Å². The van der Waals surface area contributed by atoms with Gasteiger partial charge >= 0.3 is 0 Å². The molecule has 1 aromatic rings. The molecule has 0 saturated heterocycles. The average Bonchev–Trinajstić information content (AvgIpc) is 2.63. The van der Waals surface area contributed by atoms with E-state index in [1.54, 1.807) is 11.1 Å². The van der Waals surface area contributed by atoms with Crippen LogP contribution in [0.3, 0.4) is 0 Å². The van der Waals surface area contributed by atoms with E-state index in [-0.39, 0.29) is 0 Å². The Kier molecular flexibility index (Phi) is 2.87. The Morgan fingerprint density at radius 1 is 1.29 bits per heavy atom. The number of benzene rings is 1. The molecular weight excluding hydrogens is 170 g/mol. The highest BCUT2D eigenvalue weighted by atomic mass is 14.9. The Morgan fingerprint density at radius 3 is 2.29 bits per heavy atom. The first-order valence-corrected chi connectivity index (χ1v) is 5.59. The Morgan fingerprint density at radius 2 is 1.86 bits per heavy atom. The molecule has 0 fully saturated rings. The third-order valence-electron chi connectivity index (χ3n) is 3.46. The molecule has 1 unspecified atom stereocenters. The summed E-state index contributed by atoms with van der Waals surface area (Å²) in [7, 11) is 2.08. The van der Waals surface area contributed by atoms with E-state index in [4.69, 9.17) is 0 Å². The summed E-state index contributed by atoms with van der Waals surface area (Å²) in [5.41, 5.74) is 3.12. The molecule has 0 spiro atoms. The highest BCUT2D eigenvalue weighted by Gasteiger charge is 2.26. The van der Waals surface area contributed by atoms with Gasteiger partial charge in [-0.1, -0.05) is 31.2 Å². The predicted molar refractivity (Wildman–Crippen MR) is 60.5 cm³/mol. The van der Waals surface area contributed by atoms with E-state index in [2.05, 4.69) is 43.6 Å². The maximum Gasteiger partial charge on any atom is 0.00960 e. The Balaban J connectivity index is 2.11. The van der Waals surface area contributed by atoms with Crippen molar-refractivity contribution in [3.05, 3.63) is 35.4 Å². The van der Waals surface area contributed by atoms with E-state index in [9.17, 15) is 0 Å². The zero-order chi connectivity index (χ0) is 9.97. The molecule has 76 valence electrons. The highest BCUT2D eigenvalue weighted by molar-refractivity contribution is 5.32. The number of hydrogen-bond donors (Lipinski definition) is 1. The van der Waals surface area contributed by atoms with Gasteiger partial charge in [0.2, 0.25) is 0 Å². The Bertz CT molecular complexity index is 277. The summed E-state index contributed by atoms with van der Waals surface area (Å²) in [4.78, 5) is 0. The fourth-order valence-electron chi connectivity index (χ4n) is 2.65. The van der Waals surface area contributed by atoms with Crippen LogP contribution in [-0.2, 0) is 12.8 Å². The first-order valence-electron chi connectivity index (χ1n) is 5.59. The lowest BCUT2D eigenvalue weighted by molar-refractivity contribution is 0.376. The molecule has 1 heteroatoms. The van der Waals surface area contributed by atoms with Crippen molar-refractivity contribution in [2.24, 2.45) is 5.92 Å². The summed E-state index contributed by atoms with van der Waals surface area (Å²) < 4.78 is 0. The van der Waals surface area contributed by atoms with E-state index in [1.165, 1.54) is 19.3 Å². The normalized spacial score (nSPS) is 18.1. The zero-order valence-corrected chi connectivity index (χ0v) is 9.09. The minimum absolute atomic E-state index is 0.683.